The molecule has 1 heterocycles. The molecule has 0 aliphatic carbocycles. The summed E-state index contributed by atoms with van der Waals surface area (Å²) in [6, 6.07) is 0. The smallest absolute Gasteiger partial charge is 0.307 e. The Labute approximate surface area is 82.2 Å². The minimum absolute atomic E-state index is 0.0901. The van der Waals surface area contributed by atoms with E-state index in [0.29, 0.717) is 6.54 Å². The van der Waals surface area contributed by atoms with Crippen LogP contribution in [0.3, 0.4) is 0 Å². The van der Waals surface area contributed by atoms with Crippen molar-refractivity contribution in [3.63, 3.8) is 0 Å². The fraction of sp³-hybridized carbons (Fsp3) is 0.667. The van der Waals surface area contributed by atoms with Gasteiger partial charge in [-0.1, -0.05) is 18.3 Å². The topological polar surface area (TPSA) is 48.0 Å². The summed E-state index contributed by atoms with van der Waals surface area (Å²) in [5.41, 5.74) is 6.47. The van der Waals surface area contributed by atoms with E-state index in [9.17, 15) is 4.79 Å². The largest absolute Gasteiger partial charge is 0.328 e. The van der Waals surface area contributed by atoms with Crippen LogP contribution in [0.5, 0.6) is 0 Å². The standard InChI is InChI=1S/C9H16N2OS/c1-4-9(3,6-10)11-7(2)5-13-8(11)12/h5H,4,6,10H2,1-3H3. The molecular formula is C9H16N2OS. The van der Waals surface area contributed by atoms with Crippen LogP contribution in [-0.4, -0.2) is 11.1 Å². The van der Waals surface area contributed by atoms with Crippen LogP contribution in [-0.2, 0) is 5.54 Å². The van der Waals surface area contributed by atoms with Crippen molar-refractivity contribution in [3.05, 3.63) is 20.7 Å². The molecule has 1 atom stereocenters. The third kappa shape index (κ3) is 1.69. The minimum Gasteiger partial charge on any atom is -0.328 e. The lowest BCUT2D eigenvalue weighted by Crippen LogP contribution is -2.42. The fourth-order valence-electron chi connectivity index (χ4n) is 1.42. The Morgan fingerprint density at radius 3 is 2.62 bits per heavy atom. The first kappa shape index (κ1) is 10.5. The predicted octanol–water partition coefficient (Wildman–Crippen LogP) is 1.30. The molecule has 74 valence electrons. The summed E-state index contributed by atoms with van der Waals surface area (Å²) in [7, 11) is 0. The van der Waals surface area contributed by atoms with Crippen LogP contribution in [0.15, 0.2) is 10.2 Å². The molecule has 1 aromatic heterocycles. The lowest BCUT2D eigenvalue weighted by Gasteiger charge is -2.28. The maximum atomic E-state index is 11.5. The molecule has 1 unspecified atom stereocenters. The van der Waals surface area contributed by atoms with Gasteiger partial charge in [-0.25, -0.2) is 0 Å². The van der Waals surface area contributed by atoms with Crippen molar-refractivity contribution < 1.29 is 0 Å². The first-order valence-corrected chi connectivity index (χ1v) is 5.31. The zero-order valence-corrected chi connectivity index (χ0v) is 9.15. The fourth-order valence-corrected chi connectivity index (χ4v) is 2.27. The van der Waals surface area contributed by atoms with Crippen molar-refractivity contribution in [1.82, 2.24) is 4.57 Å². The lowest BCUT2D eigenvalue weighted by atomic mass is 9.98. The summed E-state index contributed by atoms with van der Waals surface area (Å²) in [4.78, 5) is 11.6. The zero-order valence-electron chi connectivity index (χ0n) is 8.33. The summed E-state index contributed by atoms with van der Waals surface area (Å²) in [6.45, 7) is 6.52. The SMILES string of the molecule is CCC(C)(CN)n1c(C)csc1=O. The summed E-state index contributed by atoms with van der Waals surface area (Å²) < 4.78 is 1.80. The van der Waals surface area contributed by atoms with E-state index in [4.69, 9.17) is 5.73 Å². The molecule has 0 saturated carbocycles. The van der Waals surface area contributed by atoms with Crippen molar-refractivity contribution >= 4 is 11.3 Å². The van der Waals surface area contributed by atoms with Crippen molar-refractivity contribution in [3.8, 4) is 0 Å². The van der Waals surface area contributed by atoms with E-state index in [0.717, 1.165) is 12.1 Å². The third-order valence-corrected chi connectivity index (χ3v) is 3.45. The summed E-state index contributed by atoms with van der Waals surface area (Å²) in [5.74, 6) is 0. The maximum absolute atomic E-state index is 11.5. The van der Waals surface area contributed by atoms with E-state index in [1.54, 1.807) is 4.57 Å². The molecule has 0 fully saturated rings. The van der Waals surface area contributed by atoms with Crippen molar-refractivity contribution in [1.29, 1.82) is 0 Å². The molecule has 13 heavy (non-hydrogen) atoms. The second-order valence-electron chi connectivity index (χ2n) is 3.53. The van der Waals surface area contributed by atoms with Crippen LogP contribution < -0.4 is 10.6 Å². The quantitative estimate of drug-likeness (QED) is 0.799. The van der Waals surface area contributed by atoms with Gasteiger partial charge in [-0.2, -0.15) is 0 Å². The van der Waals surface area contributed by atoms with Gasteiger partial charge in [0.1, 0.15) is 0 Å². The molecule has 1 rings (SSSR count). The number of rotatable bonds is 3. The molecular weight excluding hydrogens is 184 g/mol. The van der Waals surface area contributed by atoms with Gasteiger partial charge in [0.15, 0.2) is 0 Å². The Hall–Kier alpha value is -0.610. The van der Waals surface area contributed by atoms with E-state index in [1.165, 1.54) is 11.3 Å². The number of hydrogen-bond acceptors (Lipinski definition) is 3. The van der Waals surface area contributed by atoms with E-state index < -0.39 is 0 Å². The average Bonchev–Trinajstić information content (AvgIpc) is 2.46. The van der Waals surface area contributed by atoms with Crippen LogP contribution in [0.1, 0.15) is 26.0 Å². The van der Waals surface area contributed by atoms with Gasteiger partial charge in [0.25, 0.3) is 0 Å². The minimum atomic E-state index is -0.221. The van der Waals surface area contributed by atoms with Gasteiger partial charge < -0.3 is 5.73 Å². The average molecular weight is 200 g/mol. The number of nitrogens with two attached hydrogens (primary N) is 1. The predicted molar refractivity (Wildman–Crippen MR) is 56.3 cm³/mol. The molecule has 0 aromatic carbocycles. The molecule has 1 aromatic rings. The van der Waals surface area contributed by atoms with Crippen LogP contribution in [0, 0.1) is 6.92 Å². The van der Waals surface area contributed by atoms with Crippen molar-refractivity contribution in [2.75, 3.05) is 6.54 Å². The Bertz CT molecular complexity index is 336. The second-order valence-corrected chi connectivity index (χ2v) is 4.35. The Balaban J connectivity index is 3.26. The molecule has 0 amide bonds. The van der Waals surface area contributed by atoms with Gasteiger partial charge in [-0.3, -0.25) is 9.36 Å². The normalized spacial score (nSPS) is 15.7. The molecule has 3 nitrogen and oxygen atoms in total. The van der Waals surface area contributed by atoms with Gasteiger partial charge in [0.05, 0.1) is 5.54 Å². The molecule has 4 heteroatoms. The van der Waals surface area contributed by atoms with Crippen LogP contribution >= 0.6 is 11.3 Å². The Kier molecular flexibility index (Phi) is 2.93. The van der Waals surface area contributed by atoms with Gasteiger partial charge in [0.2, 0.25) is 0 Å². The van der Waals surface area contributed by atoms with Gasteiger partial charge in [-0.15, -0.1) is 0 Å². The Morgan fingerprint density at radius 2 is 2.31 bits per heavy atom. The number of aromatic nitrogens is 1. The number of aryl methyl sites for hydroxylation is 1. The Morgan fingerprint density at radius 1 is 1.69 bits per heavy atom. The molecule has 2 N–H and O–H groups in total. The van der Waals surface area contributed by atoms with E-state index in [1.807, 2.05) is 19.2 Å². The van der Waals surface area contributed by atoms with Crippen molar-refractivity contribution in [2.24, 2.45) is 5.73 Å². The highest BCUT2D eigenvalue weighted by molar-refractivity contribution is 7.07. The van der Waals surface area contributed by atoms with Crippen molar-refractivity contribution in [2.45, 2.75) is 32.7 Å². The highest BCUT2D eigenvalue weighted by atomic mass is 32.1. The first-order valence-electron chi connectivity index (χ1n) is 4.43. The second kappa shape index (κ2) is 3.64. The number of hydrogen-bond donors (Lipinski definition) is 1. The molecule has 0 spiro atoms. The molecule has 0 saturated heterocycles. The van der Waals surface area contributed by atoms with E-state index in [-0.39, 0.29) is 10.4 Å². The molecule has 0 bridgehead atoms. The molecule has 0 aliphatic heterocycles. The van der Waals surface area contributed by atoms with E-state index >= 15 is 0 Å². The van der Waals surface area contributed by atoms with Crippen LogP contribution in [0.2, 0.25) is 0 Å². The third-order valence-electron chi connectivity index (χ3n) is 2.61. The highest BCUT2D eigenvalue weighted by Gasteiger charge is 2.25. The van der Waals surface area contributed by atoms with Crippen LogP contribution in [0.25, 0.3) is 0 Å². The molecule has 0 aliphatic rings. The van der Waals surface area contributed by atoms with Gasteiger partial charge in [0, 0.05) is 17.6 Å². The zero-order chi connectivity index (χ0) is 10.1. The van der Waals surface area contributed by atoms with Gasteiger partial charge >= 0.3 is 4.87 Å². The highest BCUT2D eigenvalue weighted by Crippen LogP contribution is 2.19. The number of nitrogens with zero attached hydrogens (tertiary/aromatic N) is 1. The van der Waals surface area contributed by atoms with Gasteiger partial charge in [-0.05, 0) is 20.3 Å². The maximum Gasteiger partial charge on any atom is 0.307 e. The van der Waals surface area contributed by atoms with Crippen LogP contribution in [0.4, 0.5) is 0 Å². The molecule has 0 radical (unpaired) electrons. The van der Waals surface area contributed by atoms with E-state index in [2.05, 4.69) is 6.92 Å². The number of thiazole rings is 1. The first-order chi connectivity index (χ1) is 6.05. The summed E-state index contributed by atoms with van der Waals surface area (Å²) in [5, 5.41) is 1.88. The summed E-state index contributed by atoms with van der Waals surface area (Å²) >= 11 is 1.24. The summed E-state index contributed by atoms with van der Waals surface area (Å²) in [6.07, 6.45) is 0.876. The lowest BCUT2D eigenvalue weighted by molar-refractivity contribution is 0.306. The monoisotopic (exact) mass is 200 g/mol.